The van der Waals surface area contributed by atoms with Crippen LogP contribution in [0.15, 0.2) is 11.8 Å². The van der Waals surface area contributed by atoms with Crippen LogP contribution in [0.4, 0.5) is 0 Å². The minimum Gasteiger partial charge on any atom is -0.431 e. The zero-order chi connectivity index (χ0) is 8.93. The summed E-state index contributed by atoms with van der Waals surface area (Å²) in [4.78, 5) is 11.4. The van der Waals surface area contributed by atoms with Gasteiger partial charge in [-0.15, -0.1) is 0 Å². The van der Waals surface area contributed by atoms with Crippen molar-refractivity contribution in [3.05, 3.63) is 11.8 Å². The largest absolute Gasteiger partial charge is 0.431 e. The molecule has 66 valence electrons. The lowest BCUT2D eigenvalue weighted by Crippen LogP contribution is -2.46. The van der Waals surface area contributed by atoms with Gasteiger partial charge >= 0.3 is 5.97 Å². The predicted octanol–water partition coefficient (Wildman–Crippen LogP) is 2.11. The highest BCUT2D eigenvalue weighted by atomic mass is 16.5. The predicted molar refractivity (Wildman–Crippen MR) is 45.2 cm³/mol. The molecular formula is C10H14O2. The standard InChI is InChI=1S/C10H14O2/c1-6-4-7-5-8(9(11)12-6)10(7,2)3/h4,7-8H,5H2,1-3H3. The van der Waals surface area contributed by atoms with Crippen LogP contribution in [0.2, 0.25) is 0 Å². The second kappa shape index (κ2) is 2.12. The van der Waals surface area contributed by atoms with Crippen molar-refractivity contribution < 1.29 is 9.53 Å². The third-order valence-electron chi connectivity index (χ3n) is 3.33. The van der Waals surface area contributed by atoms with E-state index in [0.717, 1.165) is 12.2 Å². The zero-order valence-electron chi connectivity index (χ0n) is 7.76. The van der Waals surface area contributed by atoms with E-state index < -0.39 is 0 Å². The van der Waals surface area contributed by atoms with Gasteiger partial charge in [-0.05, 0) is 30.8 Å². The number of carbonyl (C=O) groups excluding carboxylic acids is 1. The van der Waals surface area contributed by atoms with E-state index in [1.54, 1.807) is 0 Å². The van der Waals surface area contributed by atoms with Gasteiger partial charge in [0.2, 0.25) is 0 Å². The number of fused-ring (bicyclic) bond motifs is 2. The van der Waals surface area contributed by atoms with Crippen molar-refractivity contribution in [2.75, 3.05) is 0 Å². The Kier molecular flexibility index (Phi) is 1.39. The molecule has 0 spiro atoms. The average Bonchev–Trinajstić information content (AvgIpc) is 2.14. The zero-order valence-corrected chi connectivity index (χ0v) is 7.76. The molecule has 0 aromatic carbocycles. The van der Waals surface area contributed by atoms with Crippen LogP contribution >= 0.6 is 0 Å². The fourth-order valence-electron chi connectivity index (χ4n) is 2.19. The Morgan fingerprint density at radius 1 is 1.58 bits per heavy atom. The molecule has 0 aromatic rings. The normalized spacial score (nSPS) is 37.6. The van der Waals surface area contributed by atoms with Gasteiger partial charge in [0.25, 0.3) is 0 Å². The summed E-state index contributed by atoms with van der Waals surface area (Å²) in [5.74, 6) is 1.39. The first kappa shape index (κ1) is 7.84. The van der Waals surface area contributed by atoms with E-state index >= 15 is 0 Å². The number of hydrogen-bond acceptors (Lipinski definition) is 2. The highest BCUT2D eigenvalue weighted by Crippen LogP contribution is 2.54. The maximum Gasteiger partial charge on any atom is 0.314 e. The van der Waals surface area contributed by atoms with Crippen molar-refractivity contribution in [1.29, 1.82) is 0 Å². The van der Waals surface area contributed by atoms with Gasteiger partial charge in [-0.3, -0.25) is 4.79 Å². The van der Waals surface area contributed by atoms with Gasteiger partial charge in [0, 0.05) is 0 Å². The summed E-state index contributed by atoms with van der Waals surface area (Å²) < 4.78 is 5.12. The minimum absolute atomic E-state index is 0.0394. The Balaban J connectivity index is 2.34. The fourth-order valence-corrected chi connectivity index (χ4v) is 2.19. The lowest BCUT2D eigenvalue weighted by Gasteiger charge is -2.47. The van der Waals surface area contributed by atoms with E-state index in [1.807, 2.05) is 6.92 Å². The van der Waals surface area contributed by atoms with Gasteiger partial charge in [-0.2, -0.15) is 0 Å². The first-order valence-electron chi connectivity index (χ1n) is 4.42. The van der Waals surface area contributed by atoms with Crippen LogP contribution in [-0.4, -0.2) is 5.97 Å². The van der Waals surface area contributed by atoms with Crippen LogP contribution < -0.4 is 0 Å². The van der Waals surface area contributed by atoms with Crippen LogP contribution in [0.1, 0.15) is 27.2 Å². The van der Waals surface area contributed by atoms with Crippen molar-refractivity contribution in [2.24, 2.45) is 17.3 Å². The van der Waals surface area contributed by atoms with Crippen molar-refractivity contribution >= 4 is 5.97 Å². The second-order valence-corrected chi connectivity index (χ2v) is 4.41. The molecule has 2 bridgehead atoms. The van der Waals surface area contributed by atoms with E-state index in [9.17, 15) is 4.79 Å². The van der Waals surface area contributed by atoms with E-state index in [0.29, 0.717) is 5.92 Å². The monoisotopic (exact) mass is 166 g/mol. The molecule has 2 atom stereocenters. The Bertz CT molecular complexity index is 263. The highest BCUT2D eigenvalue weighted by Gasteiger charge is 2.53. The molecule has 1 fully saturated rings. The quantitative estimate of drug-likeness (QED) is 0.515. The van der Waals surface area contributed by atoms with Crippen molar-refractivity contribution in [3.63, 3.8) is 0 Å². The molecule has 3 aliphatic rings. The molecular weight excluding hydrogens is 152 g/mol. The summed E-state index contributed by atoms with van der Waals surface area (Å²) in [6, 6.07) is 0. The van der Waals surface area contributed by atoms with E-state index in [-0.39, 0.29) is 17.3 Å². The highest BCUT2D eigenvalue weighted by molar-refractivity contribution is 5.76. The summed E-state index contributed by atoms with van der Waals surface area (Å²) in [7, 11) is 0. The van der Waals surface area contributed by atoms with Crippen LogP contribution in [-0.2, 0) is 9.53 Å². The molecule has 0 N–H and O–H groups in total. The summed E-state index contributed by atoms with van der Waals surface area (Å²) in [6.45, 7) is 6.14. The van der Waals surface area contributed by atoms with E-state index in [4.69, 9.17) is 4.74 Å². The molecule has 2 nitrogen and oxygen atoms in total. The van der Waals surface area contributed by atoms with Gasteiger partial charge in [0.05, 0.1) is 5.92 Å². The Morgan fingerprint density at radius 3 is 2.83 bits per heavy atom. The fraction of sp³-hybridized carbons (Fsp3) is 0.700. The second-order valence-electron chi connectivity index (χ2n) is 4.41. The van der Waals surface area contributed by atoms with Gasteiger partial charge in [-0.25, -0.2) is 0 Å². The third-order valence-corrected chi connectivity index (χ3v) is 3.33. The molecule has 12 heavy (non-hydrogen) atoms. The van der Waals surface area contributed by atoms with Gasteiger partial charge in [0.15, 0.2) is 0 Å². The lowest BCUT2D eigenvalue weighted by molar-refractivity contribution is -0.155. The van der Waals surface area contributed by atoms with Crippen LogP contribution in [0.5, 0.6) is 0 Å². The number of esters is 1. The van der Waals surface area contributed by atoms with Crippen LogP contribution in [0.3, 0.4) is 0 Å². The van der Waals surface area contributed by atoms with Crippen molar-refractivity contribution in [1.82, 2.24) is 0 Å². The van der Waals surface area contributed by atoms with Crippen LogP contribution in [0, 0.1) is 17.3 Å². The first-order valence-corrected chi connectivity index (χ1v) is 4.42. The number of ether oxygens (including phenoxy) is 1. The molecule has 1 aliphatic carbocycles. The number of rotatable bonds is 0. The summed E-state index contributed by atoms with van der Waals surface area (Å²) >= 11 is 0. The van der Waals surface area contributed by atoms with E-state index in [2.05, 4.69) is 19.9 Å². The smallest absolute Gasteiger partial charge is 0.314 e. The van der Waals surface area contributed by atoms with Gasteiger partial charge in [0.1, 0.15) is 5.76 Å². The third kappa shape index (κ3) is 0.838. The SMILES string of the molecule is CC1=CC2CC(C(=O)O1)C2(C)C. The molecule has 1 saturated carbocycles. The Labute approximate surface area is 72.6 Å². The summed E-state index contributed by atoms with van der Waals surface area (Å²) in [5.41, 5.74) is 0.120. The maximum absolute atomic E-state index is 11.4. The van der Waals surface area contributed by atoms with Crippen LogP contribution in [0.25, 0.3) is 0 Å². The number of hydrogen-bond donors (Lipinski definition) is 0. The lowest BCUT2D eigenvalue weighted by atomic mass is 9.55. The first-order chi connectivity index (χ1) is 5.51. The van der Waals surface area contributed by atoms with Crippen molar-refractivity contribution in [3.8, 4) is 0 Å². The number of allylic oxidation sites excluding steroid dienone is 2. The molecule has 2 heteroatoms. The molecule has 0 radical (unpaired) electrons. The molecule has 2 aliphatic heterocycles. The molecule has 0 saturated heterocycles. The molecule has 0 aromatic heterocycles. The van der Waals surface area contributed by atoms with Crippen molar-refractivity contribution in [2.45, 2.75) is 27.2 Å². The number of carbonyl (C=O) groups is 1. The average molecular weight is 166 g/mol. The summed E-state index contributed by atoms with van der Waals surface area (Å²) in [5, 5.41) is 0. The van der Waals surface area contributed by atoms with Gasteiger partial charge < -0.3 is 4.74 Å². The van der Waals surface area contributed by atoms with E-state index in [1.165, 1.54) is 0 Å². The molecule has 3 rings (SSSR count). The molecule has 2 heterocycles. The topological polar surface area (TPSA) is 26.3 Å². The maximum atomic E-state index is 11.4. The Hall–Kier alpha value is -0.790. The molecule has 2 unspecified atom stereocenters. The minimum atomic E-state index is -0.0394. The van der Waals surface area contributed by atoms with Gasteiger partial charge in [-0.1, -0.05) is 13.8 Å². The Morgan fingerprint density at radius 2 is 2.25 bits per heavy atom. The summed E-state index contributed by atoms with van der Waals surface area (Å²) in [6.07, 6.45) is 3.06. The molecule has 0 amide bonds.